The number of carbonyl (C=O) groups is 2. The minimum Gasteiger partial charge on any atom is -0.351 e. The molecular formula is C17H22N4O2. The first-order chi connectivity index (χ1) is 11.1. The highest BCUT2D eigenvalue weighted by atomic mass is 16.2. The van der Waals surface area contributed by atoms with Crippen molar-refractivity contribution in [3.63, 3.8) is 0 Å². The largest absolute Gasteiger partial charge is 0.351 e. The van der Waals surface area contributed by atoms with Gasteiger partial charge >= 0.3 is 0 Å². The number of benzene rings is 1. The molecule has 6 nitrogen and oxygen atoms in total. The van der Waals surface area contributed by atoms with E-state index in [4.69, 9.17) is 0 Å². The van der Waals surface area contributed by atoms with E-state index in [2.05, 4.69) is 15.7 Å². The fourth-order valence-electron chi connectivity index (χ4n) is 2.24. The summed E-state index contributed by atoms with van der Waals surface area (Å²) < 4.78 is 1.47. The third kappa shape index (κ3) is 4.67. The maximum Gasteiger partial charge on any atom is 0.271 e. The topological polar surface area (TPSA) is 76.0 Å². The van der Waals surface area contributed by atoms with Gasteiger partial charge in [-0.25, -0.2) is 0 Å². The first kappa shape index (κ1) is 16.7. The molecule has 0 saturated carbocycles. The molecule has 1 aromatic heterocycles. The van der Waals surface area contributed by atoms with Gasteiger partial charge in [-0.2, -0.15) is 5.10 Å². The van der Waals surface area contributed by atoms with E-state index in [0.717, 1.165) is 12.0 Å². The smallest absolute Gasteiger partial charge is 0.271 e. The molecule has 0 atom stereocenters. The third-order valence-electron chi connectivity index (χ3n) is 3.45. The van der Waals surface area contributed by atoms with Crippen LogP contribution in [-0.2, 0) is 18.3 Å². The van der Waals surface area contributed by atoms with E-state index in [1.807, 2.05) is 37.3 Å². The zero-order chi connectivity index (χ0) is 16.7. The highest BCUT2D eigenvalue weighted by molar-refractivity contribution is 6.02. The quantitative estimate of drug-likeness (QED) is 0.822. The summed E-state index contributed by atoms with van der Waals surface area (Å²) in [5.74, 6) is -0.364. The van der Waals surface area contributed by atoms with Crippen molar-refractivity contribution in [1.29, 1.82) is 0 Å². The van der Waals surface area contributed by atoms with E-state index in [1.54, 1.807) is 7.05 Å². The van der Waals surface area contributed by atoms with Crippen LogP contribution in [0.4, 0.5) is 5.69 Å². The molecule has 2 amide bonds. The summed E-state index contributed by atoms with van der Waals surface area (Å²) in [6.45, 7) is 2.57. The summed E-state index contributed by atoms with van der Waals surface area (Å²) in [4.78, 5) is 24.2. The van der Waals surface area contributed by atoms with Crippen molar-refractivity contribution in [3.05, 3.63) is 47.8 Å². The second-order valence-corrected chi connectivity index (χ2v) is 5.32. The molecule has 0 radical (unpaired) electrons. The SMILES string of the molecule is CCCNC(=O)c1c(NC(=O)CCc2ccccc2)cnn1C. The molecule has 1 aromatic carbocycles. The molecule has 0 aliphatic heterocycles. The van der Waals surface area contributed by atoms with Crippen LogP contribution >= 0.6 is 0 Å². The molecule has 1 heterocycles. The Labute approximate surface area is 135 Å². The van der Waals surface area contributed by atoms with Gasteiger partial charge in [-0.1, -0.05) is 37.3 Å². The number of aromatic nitrogens is 2. The summed E-state index contributed by atoms with van der Waals surface area (Å²) in [7, 11) is 1.68. The van der Waals surface area contributed by atoms with E-state index < -0.39 is 0 Å². The summed E-state index contributed by atoms with van der Waals surface area (Å²) in [6.07, 6.45) is 3.36. The number of amides is 2. The molecule has 0 aliphatic carbocycles. The Hall–Kier alpha value is -2.63. The van der Waals surface area contributed by atoms with Crippen LogP contribution in [0.5, 0.6) is 0 Å². The second-order valence-electron chi connectivity index (χ2n) is 5.32. The van der Waals surface area contributed by atoms with Crippen molar-refractivity contribution in [2.24, 2.45) is 7.05 Å². The molecule has 0 aliphatic rings. The molecule has 0 unspecified atom stereocenters. The molecule has 2 N–H and O–H groups in total. The number of aryl methyl sites for hydroxylation is 2. The van der Waals surface area contributed by atoms with Gasteiger partial charge in [0.2, 0.25) is 5.91 Å². The number of nitrogens with zero attached hydrogens (tertiary/aromatic N) is 2. The Morgan fingerprint density at radius 1 is 1.22 bits per heavy atom. The van der Waals surface area contributed by atoms with Crippen molar-refractivity contribution in [1.82, 2.24) is 15.1 Å². The number of carbonyl (C=O) groups excluding carboxylic acids is 2. The van der Waals surface area contributed by atoms with E-state index in [-0.39, 0.29) is 11.8 Å². The van der Waals surface area contributed by atoms with E-state index >= 15 is 0 Å². The van der Waals surface area contributed by atoms with Crippen LogP contribution in [-0.4, -0.2) is 28.1 Å². The average molecular weight is 314 g/mol. The maximum absolute atomic E-state index is 12.1. The predicted molar refractivity (Wildman–Crippen MR) is 89.2 cm³/mol. The molecular weight excluding hydrogens is 292 g/mol. The lowest BCUT2D eigenvalue weighted by molar-refractivity contribution is -0.116. The number of anilines is 1. The number of hydrogen-bond acceptors (Lipinski definition) is 3. The normalized spacial score (nSPS) is 10.3. The lowest BCUT2D eigenvalue weighted by Gasteiger charge is -2.08. The number of rotatable bonds is 7. The molecule has 0 bridgehead atoms. The van der Waals surface area contributed by atoms with Crippen molar-refractivity contribution >= 4 is 17.5 Å². The van der Waals surface area contributed by atoms with Crippen LogP contribution in [0.1, 0.15) is 35.8 Å². The number of nitrogens with one attached hydrogen (secondary N) is 2. The lowest BCUT2D eigenvalue weighted by Crippen LogP contribution is -2.27. The van der Waals surface area contributed by atoms with Gasteiger partial charge in [-0.15, -0.1) is 0 Å². The Bertz CT molecular complexity index is 664. The van der Waals surface area contributed by atoms with Crippen molar-refractivity contribution in [2.45, 2.75) is 26.2 Å². The molecule has 122 valence electrons. The van der Waals surface area contributed by atoms with Crippen LogP contribution in [0.25, 0.3) is 0 Å². The Kier molecular flexibility index (Phi) is 5.91. The summed E-state index contributed by atoms with van der Waals surface area (Å²) >= 11 is 0. The van der Waals surface area contributed by atoms with Gasteiger partial charge in [0.15, 0.2) is 0 Å². The van der Waals surface area contributed by atoms with Gasteiger partial charge in [0.05, 0.1) is 11.9 Å². The Balaban J connectivity index is 1.97. The molecule has 0 fully saturated rings. The van der Waals surface area contributed by atoms with Gasteiger partial charge < -0.3 is 10.6 Å². The summed E-state index contributed by atoms with van der Waals surface area (Å²) in [6, 6.07) is 9.82. The maximum atomic E-state index is 12.1. The van der Waals surface area contributed by atoms with Crippen LogP contribution < -0.4 is 10.6 Å². The highest BCUT2D eigenvalue weighted by Gasteiger charge is 2.18. The van der Waals surface area contributed by atoms with Crippen LogP contribution in [0.3, 0.4) is 0 Å². The van der Waals surface area contributed by atoms with Gasteiger partial charge in [0.1, 0.15) is 5.69 Å². The molecule has 6 heteroatoms. The first-order valence-corrected chi connectivity index (χ1v) is 7.75. The monoisotopic (exact) mass is 314 g/mol. The predicted octanol–water partition coefficient (Wildman–Crippen LogP) is 2.13. The van der Waals surface area contributed by atoms with Crippen molar-refractivity contribution in [3.8, 4) is 0 Å². The van der Waals surface area contributed by atoms with E-state index in [9.17, 15) is 9.59 Å². The number of hydrogen-bond donors (Lipinski definition) is 2. The fraction of sp³-hybridized carbons (Fsp3) is 0.353. The minimum atomic E-state index is -0.231. The summed E-state index contributed by atoms with van der Waals surface area (Å²) in [5, 5.41) is 9.63. The fourth-order valence-corrected chi connectivity index (χ4v) is 2.24. The van der Waals surface area contributed by atoms with Gasteiger partial charge in [0.25, 0.3) is 5.91 Å². The van der Waals surface area contributed by atoms with E-state index in [0.29, 0.717) is 30.8 Å². The van der Waals surface area contributed by atoms with E-state index in [1.165, 1.54) is 10.9 Å². The lowest BCUT2D eigenvalue weighted by atomic mass is 10.1. The molecule has 2 rings (SSSR count). The summed E-state index contributed by atoms with van der Waals surface area (Å²) in [5.41, 5.74) is 1.92. The van der Waals surface area contributed by atoms with Crippen LogP contribution in [0, 0.1) is 0 Å². The average Bonchev–Trinajstić information content (AvgIpc) is 2.92. The van der Waals surface area contributed by atoms with Gasteiger partial charge in [0, 0.05) is 20.0 Å². The molecule has 0 saturated heterocycles. The zero-order valence-electron chi connectivity index (χ0n) is 13.5. The van der Waals surface area contributed by atoms with Crippen molar-refractivity contribution in [2.75, 3.05) is 11.9 Å². The van der Waals surface area contributed by atoms with Crippen LogP contribution in [0.2, 0.25) is 0 Å². The standard InChI is InChI=1S/C17H22N4O2/c1-3-11-18-17(23)16-14(12-19-21(16)2)20-15(22)10-9-13-7-5-4-6-8-13/h4-8,12H,3,9-11H2,1-2H3,(H,18,23)(H,20,22). The van der Waals surface area contributed by atoms with Crippen LogP contribution in [0.15, 0.2) is 36.5 Å². The first-order valence-electron chi connectivity index (χ1n) is 7.75. The Morgan fingerprint density at radius 3 is 2.65 bits per heavy atom. The van der Waals surface area contributed by atoms with Gasteiger partial charge in [-0.05, 0) is 18.4 Å². The minimum absolute atomic E-state index is 0.133. The molecule has 23 heavy (non-hydrogen) atoms. The zero-order valence-corrected chi connectivity index (χ0v) is 13.5. The van der Waals surface area contributed by atoms with Gasteiger partial charge in [-0.3, -0.25) is 14.3 Å². The third-order valence-corrected chi connectivity index (χ3v) is 3.45. The molecule has 2 aromatic rings. The Morgan fingerprint density at radius 2 is 1.96 bits per heavy atom. The second kappa shape index (κ2) is 8.12. The molecule has 0 spiro atoms. The van der Waals surface area contributed by atoms with Crippen molar-refractivity contribution < 1.29 is 9.59 Å². The highest BCUT2D eigenvalue weighted by Crippen LogP contribution is 2.15.